The van der Waals surface area contributed by atoms with Gasteiger partial charge in [-0.1, -0.05) is 19.1 Å². The number of para-hydroxylation sites is 1. The van der Waals surface area contributed by atoms with E-state index in [-0.39, 0.29) is 5.75 Å². The van der Waals surface area contributed by atoms with Crippen LogP contribution in [0.25, 0.3) is 0 Å². The molecule has 2 N–H and O–H groups in total. The first-order chi connectivity index (χ1) is 7.69. The van der Waals surface area contributed by atoms with Crippen LogP contribution < -0.4 is 5.43 Å². The molecule has 0 unspecified atom stereocenters. The monoisotopic (exact) mass is 222 g/mol. The summed E-state index contributed by atoms with van der Waals surface area (Å²) in [6, 6.07) is 6.81. The summed E-state index contributed by atoms with van der Waals surface area (Å²) >= 11 is 0. The molecule has 1 aromatic carbocycles. The van der Waals surface area contributed by atoms with E-state index in [4.69, 9.17) is 0 Å². The molecule has 0 bridgehead atoms. The van der Waals surface area contributed by atoms with Crippen LogP contribution in [0.5, 0.6) is 5.75 Å². The highest BCUT2D eigenvalue weighted by Gasteiger charge is 2.07. The highest BCUT2D eigenvalue weighted by atomic mass is 16.5. The lowest BCUT2D eigenvalue weighted by Gasteiger charge is -2.06. The number of carbonyl (C=O) groups is 1. The average molecular weight is 222 g/mol. The third-order valence-electron chi connectivity index (χ3n) is 2.02. The molecule has 5 heteroatoms. The summed E-state index contributed by atoms with van der Waals surface area (Å²) < 4.78 is 4.39. The number of phenolic OH excluding ortho intramolecular Hbond substituents is 1. The van der Waals surface area contributed by atoms with Crippen molar-refractivity contribution in [2.45, 2.75) is 13.3 Å². The summed E-state index contributed by atoms with van der Waals surface area (Å²) in [5, 5.41) is 13.5. The van der Waals surface area contributed by atoms with E-state index in [0.29, 0.717) is 17.7 Å². The summed E-state index contributed by atoms with van der Waals surface area (Å²) in [6.45, 7) is 1.88. The van der Waals surface area contributed by atoms with Gasteiger partial charge in [-0.3, -0.25) is 0 Å². The molecule has 0 aliphatic carbocycles. The predicted octanol–water partition coefficient (Wildman–Crippen LogP) is 1.86. The van der Waals surface area contributed by atoms with E-state index in [1.807, 2.05) is 6.92 Å². The van der Waals surface area contributed by atoms with Gasteiger partial charge in [0.05, 0.1) is 12.8 Å². The van der Waals surface area contributed by atoms with Gasteiger partial charge in [-0.15, -0.1) is 0 Å². The lowest BCUT2D eigenvalue weighted by Crippen LogP contribution is -2.19. The minimum atomic E-state index is -0.638. The van der Waals surface area contributed by atoms with Gasteiger partial charge in [0.1, 0.15) is 5.75 Å². The molecule has 1 amide bonds. The highest BCUT2D eigenvalue weighted by Crippen LogP contribution is 2.17. The SMILES string of the molecule is CCC(=NNC(=O)OC)c1ccccc1O. The first kappa shape index (κ1) is 12.0. The van der Waals surface area contributed by atoms with E-state index >= 15 is 0 Å². The number of amides is 1. The van der Waals surface area contributed by atoms with Crippen LogP contribution in [-0.2, 0) is 4.74 Å². The summed E-state index contributed by atoms with van der Waals surface area (Å²) in [5.41, 5.74) is 3.41. The summed E-state index contributed by atoms with van der Waals surface area (Å²) in [5.74, 6) is 0.134. The molecule has 86 valence electrons. The molecular formula is C11H14N2O3. The van der Waals surface area contributed by atoms with E-state index in [0.717, 1.165) is 0 Å². The molecule has 0 aliphatic heterocycles. The van der Waals surface area contributed by atoms with Crippen molar-refractivity contribution in [2.75, 3.05) is 7.11 Å². The number of hydrogen-bond acceptors (Lipinski definition) is 4. The van der Waals surface area contributed by atoms with E-state index in [1.165, 1.54) is 7.11 Å². The molecule has 16 heavy (non-hydrogen) atoms. The van der Waals surface area contributed by atoms with Crippen molar-refractivity contribution in [2.24, 2.45) is 5.10 Å². The summed E-state index contributed by atoms with van der Waals surface area (Å²) in [7, 11) is 1.26. The van der Waals surface area contributed by atoms with Crippen molar-refractivity contribution in [3.8, 4) is 5.75 Å². The quantitative estimate of drug-likeness (QED) is 0.605. The van der Waals surface area contributed by atoms with Crippen LogP contribution in [-0.4, -0.2) is 24.0 Å². The molecule has 1 rings (SSSR count). The molecule has 0 atom stereocenters. The van der Waals surface area contributed by atoms with Crippen molar-refractivity contribution < 1.29 is 14.6 Å². The smallest absolute Gasteiger partial charge is 0.427 e. The molecule has 0 spiro atoms. The fourth-order valence-electron chi connectivity index (χ4n) is 1.21. The molecule has 0 fully saturated rings. The van der Waals surface area contributed by atoms with Gasteiger partial charge >= 0.3 is 6.09 Å². The Morgan fingerprint density at radius 3 is 2.75 bits per heavy atom. The van der Waals surface area contributed by atoms with E-state index < -0.39 is 6.09 Å². The number of nitrogens with zero attached hydrogens (tertiary/aromatic N) is 1. The third-order valence-corrected chi connectivity index (χ3v) is 2.02. The van der Waals surface area contributed by atoms with Crippen molar-refractivity contribution in [3.05, 3.63) is 29.8 Å². The minimum absolute atomic E-state index is 0.134. The van der Waals surface area contributed by atoms with Gasteiger partial charge in [-0.25, -0.2) is 10.2 Å². The van der Waals surface area contributed by atoms with Crippen LogP contribution >= 0.6 is 0 Å². The normalized spacial score (nSPS) is 11.0. The number of ether oxygens (including phenoxy) is 1. The standard InChI is InChI=1S/C11H14N2O3/c1-3-9(12-13-11(15)16-2)8-6-4-5-7-10(8)14/h4-7,14H,3H2,1-2H3,(H,13,15). The Hall–Kier alpha value is -2.04. The minimum Gasteiger partial charge on any atom is -0.507 e. The van der Waals surface area contributed by atoms with Gasteiger partial charge < -0.3 is 9.84 Å². The van der Waals surface area contributed by atoms with Crippen molar-refractivity contribution in [3.63, 3.8) is 0 Å². The van der Waals surface area contributed by atoms with E-state index in [1.54, 1.807) is 24.3 Å². The number of aromatic hydroxyl groups is 1. The molecule has 0 aromatic heterocycles. The second-order valence-corrected chi connectivity index (χ2v) is 3.03. The van der Waals surface area contributed by atoms with Crippen LogP contribution in [0.15, 0.2) is 29.4 Å². The lowest BCUT2D eigenvalue weighted by atomic mass is 10.1. The topological polar surface area (TPSA) is 70.9 Å². The Balaban J connectivity index is 2.90. The zero-order chi connectivity index (χ0) is 12.0. The third kappa shape index (κ3) is 2.98. The van der Waals surface area contributed by atoms with E-state index in [9.17, 15) is 9.90 Å². The maximum absolute atomic E-state index is 10.8. The molecule has 1 aromatic rings. The first-order valence-corrected chi connectivity index (χ1v) is 4.88. The van der Waals surface area contributed by atoms with Gasteiger partial charge in [0.25, 0.3) is 0 Å². The Bertz CT molecular complexity index is 402. The summed E-state index contributed by atoms with van der Waals surface area (Å²) in [6.07, 6.45) is -0.0527. The molecule has 0 aliphatic rings. The van der Waals surface area contributed by atoms with Crippen LogP contribution in [0, 0.1) is 0 Å². The Morgan fingerprint density at radius 1 is 1.50 bits per heavy atom. The predicted molar refractivity (Wildman–Crippen MR) is 60.5 cm³/mol. The number of rotatable bonds is 3. The second kappa shape index (κ2) is 5.75. The number of benzene rings is 1. The Labute approximate surface area is 93.7 Å². The van der Waals surface area contributed by atoms with Gasteiger partial charge in [-0.2, -0.15) is 5.10 Å². The van der Waals surface area contributed by atoms with Gasteiger partial charge in [0.15, 0.2) is 0 Å². The van der Waals surface area contributed by atoms with Crippen molar-refractivity contribution in [1.29, 1.82) is 0 Å². The van der Waals surface area contributed by atoms with Crippen LogP contribution in [0.4, 0.5) is 4.79 Å². The maximum Gasteiger partial charge on any atom is 0.427 e. The van der Waals surface area contributed by atoms with Gasteiger partial charge in [-0.05, 0) is 18.6 Å². The molecule has 0 radical (unpaired) electrons. The number of hydrogen-bond donors (Lipinski definition) is 2. The fraction of sp³-hybridized carbons (Fsp3) is 0.273. The van der Waals surface area contributed by atoms with E-state index in [2.05, 4.69) is 15.3 Å². The number of nitrogens with one attached hydrogen (secondary N) is 1. The molecule has 5 nitrogen and oxygen atoms in total. The number of phenols is 1. The zero-order valence-corrected chi connectivity index (χ0v) is 9.23. The number of methoxy groups -OCH3 is 1. The number of hydrazone groups is 1. The lowest BCUT2D eigenvalue weighted by molar-refractivity contribution is 0.171. The summed E-state index contributed by atoms with van der Waals surface area (Å²) in [4.78, 5) is 10.8. The Morgan fingerprint density at radius 2 is 2.19 bits per heavy atom. The van der Waals surface area contributed by atoms with Gasteiger partial charge in [0.2, 0.25) is 0 Å². The van der Waals surface area contributed by atoms with Crippen LogP contribution in [0.3, 0.4) is 0 Å². The molecular weight excluding hydrogens is 208 g/mol. The first-order valence-electron chi connectivity index (χ1n) is 4.88. The average Bonchev–Trinajstić information content (AvgIpc) is 2.31. The maximum atomic E-state index is 10.8. The van der Waals surface area contributed by atoms with Crippen LogP contribution in [0.1, 0.15) is 18.9 Å². The second-order valence-electron chi connectivity index (χ2n) is 3.03. The Kier molecular flexibility index (Phi) is 4.32. The van der Waals surface area contributed by atoms with Crippen LogP contribution in [0.2, 0.25) is 0 Å². The fourth-order valence-corrected chi connectivity index (χ4v) is 1.21. The van der Waals surface area contributed by atoms with Gasteiger partial charge in [0, 0.05) is 5.56 Å². The highest BCUT2D eigenvalue weighted by molar-refractivity contribution is 6.02. The molecule has 0 heterocycles. The largest absolute Gasteiger partial charge is 0.507 e. The zero-order valence-electron chi connectivity index (χ0n) is 9.23. The van der Waals surface area contributed by atoms with Crippen molar-refractivity contribution >= 4 is 11.8 Å². The van der Waals surface area contributed by atoms with Crippen molar-refractivity contribution in [1.82, 2.24) is 5.43 Å². The molecule has 0 saturated heterocycles. The number of carbonyl (C=O) groups excluding carboxylic acids is 1. The molecule has 0 saturated carbocycles.